The number of fused-ring (bicyclic) bond motifs is 1. The molecule has 0 fully saturated rings. The van der Waals surface area contributed by atoms with Crippen molar-refractivity contribution in [2.45, 2.75) is 63.2 Å². The van der Waals surface area contributed by atoms with E-state index in [0.29, 0.717) is 0 Å². The normalized spacial score (nSPS) is 14.9. The topological polar surface area (TPSA) is 37.3 Å². The molecule has 1 aromatic carbocycles. The number of carboxylic acids is 1. The van der Waals surface area contributed by atoms with Gasteiger partial charge in [-0.05, 0) is 72.2 Å². The number of hydrogen-bond acceptors (Lipinski definition) is 3. The molecule has 2 nitrogen and oxygen atoms in total. The number of aliphatic carboxylic acids is 1. The first-order chi connectivity index (χ1) is 13.0. The molecule has 0 saturated heterocycles. The minimum atomic E-state index is -0.799. The van der Waals surface area contributed by atoms with E-state index in [0.717, 1.165) is 21.7 Å². The van der Waals surface area contributed by atoms with E-state index < -0.39 is 5.97 Å². The minimum Gasteiger partial charge on any atom is -0.481 e. The van der Waals surface area contributed by atoms with Crippen LogP contribution < -0.4 is 0 Å². The van der Waals surface area contributed by atoms with Crippen LogP contribution in [0.4, 0.5) is 0 Å². The van der Waals surface area contributed by atoms with Gasteiger partial charge < -0.3 is 5.11 Å². The summed E-state index contributed by atoms with van der Waals surface area (Å²) in [6, 6.07) is 8.49. The third kappa shape index (κ3) is 4.25. The Balaban J connectivity index is 1.99. The van der Waals surface area contributed by atoms with Gasteiger partial charge in [-0.25, -0.2) is 0 Å². The Kier molecular flexibility index (Phi) is 6.34. The predicted octanol–water partition coefficient (Wildman–Crippen LogP) is 5.89. The molecule has 0 radical (unpaired) electrons. The highest BCUT2D eigenvalue weighted by Gasteiger charge is 2.34. The third-order valence-electron chi connectivity index (χ3n) is 5.66. The quantitative estimate of drug-likeness (QED) is 0.638. The van der Waals surface area contributed by atoms with Crippen molar-refractivity contribution in [3.63, 3.8) is 0 Å². The molecule has 2 heterocycles. The van der Waals surface area contributed by atoms with Gasteiger partial charge in [-0.2, -0.15) is 0 Å². The molecule has 0 unspecified atom stereocenters. The summed E-state index contributed by atoms with van der Waals surface area (Å²) in [7, 11) is 0. The van der Waals surface area contributed by atoms with E-state index in [1.807, 2.05) is 23.9 Å². The van der Waals surface area contributed by atoms with Crippen LogP contribution in [0, 0.1) is 11.8 Å². The summed E-state index contributed by atoms with van der Waals surface area (Å²) in [5.74, 6) is 7.06. The lowest BCUT2D eigenvalue weighted by Gasteiger charge is -2.38. The molecule has 1 aliphatic rings. The Bertz CT molecular complexity index is 895. The Hall–Kier alpha value is -1.70. The molecule has 1 aliphatic heterocycles. The van der Waals surface area contributed by atoms with Gasteiger partial charge in [-0.1, -0.05) is 32.6 Å². The lowest BCUT2D eigenvalue weighted by molar-refractivity contribution is -0.136. The minimum absolute atomic E-state index is 0.0676. The van der Waals surface area contributed by atoms with Gasteiger partial charge in [0.2, 0.25) is 0 Å². The van der Waals surface area contributed by atoms with Crippen LogP contribution in [0.25, 0.3) is 0 Å². The zero-order valence-electron chi connectivity index (χ0n) is 16.2. The molecule has 1 N–H and O–H groups in total. The monoisotopic (exact) mass is 398 g/mol. The second kappa shape index (κ2) is 8.54. The van der Waals surface area contributed by atoms with Gasteiger partial charge in [-0.15, -0.1) is 23.1 Å². The second-order valence-corrected chi connectivity index (χ2v) is 9.34. The van der Waals surface area contributed by atoms with Crippen molar-refractivity contribution in [2.24, 2.45) is 0 Å². The highest BCUT2D eigenvalue weighted by atomic mass is 32.2. The van der Waals surface area contributed by atoms with E-state index in [1.54, 1.807) is 0 Å². The third-order valence-corrected chi connectivity index (χ3v) is 7.71. The van der Waals surface area contributed by atoms with Crippen molar-refractivity contribution < 1.29 is 9.90 Å². The molecule has 0 saturated carbocycles. The Labute approximate surface area is 170 Å². The van der Waals surface area contributed by atoms with Gasteiger partial charge in [0.15, 0.2) is 0 Å². The largest absolute Gasteiger partial charge is 0.481 e. The lowest BCUT2D eigenvalue weighted by Crippen LogP contribution is -2.29. The number of hydrogen-bond donors (Lipinski definition) is 1. The van der Waals surface area contributed by atoms with E-state index in [-0.39, 0.29) is 11.8 Å². The van der Waals surface area contributed by atoms with Crippen LogP contribution >= 0.6 is 23.1 Å². The number of carbonyl (C=O) groups is 1. The average molecular weight is 399 g/mol. The molecular formula is C23H26O2S2. The van der Waals surface area contributed by atoms with Crippen LogP contribution in [0.3, 0.4) is 0 Å². The maximum Gasteiger partial charge on any atom is 0.308 e. The van der Waals surface area contributed by atoms with Crippen molar-refractivity contribution in [3.8, 4) is 11.8 Å². The Morgan fingerprint density at radius 3 is 2.63 bits per heavy atom. The Morgan fingerprint density at radius 1 is 1.19 bits per heavy atom. The molecular weight excluding hydrogens is 372 g/mol. The van der Waals surface area contributed by atoms with Gasteiger partial charge in [0.05, 0.1) is 11.3 Å². The van der Waals surface area contributed by atoms with Crippen LogP contribution in [0.5, 0.6) is 0 Å². The number of thiophene rings is 1. The summed E-state index contributed by atoms with van der Waals surface area (Å²) >= 11 is 3.45. The van der Waals surface area contributed by atoms with Gasteiger partial charge >= 0.3 is 5.97 Å². The fourth-order valence-electron chi connectivity index (χ4n) is 3.86. The summed E-state index contributed by atoms with van der Waals surface area (Å²) in [5.41, 5.74) is 4.18. The SMILES string of the molecule is CCc1cc2c(cc1C#Cc1ccc(CC(=O)O)s1)C(CC)(CC)CCS2. The van der Waals surface area contributed by atoms with Gasteiger partial charge in [-0.3, -0.25) is 4.79 Å². The number of rotatable bonds is 5. The van der Waals surface area contributed by atoms with Gasteiger partial charge in [0.1, 0.15) is 0 Å². The van der Waals surface area contributed by atoms with E-state index in [2.05, 4.69) is 44.7 Å². The van der Waals surface area contributed by atoms with Crippen molar-refractivity contribution in [3.05, 3.63) is 50.7 Å². The lowest BCUT2D eigenvalue weighted by atomic mass is 9.72. The van der Waals surface area contributed by atoms with Gasteiger partial charge in [0.25, 0.3) is 0 Å². The fraction of sp³-hybridized carbons (Fsp3) is 0.435. The van der Waals surface area contributed by atoms with Gasteiger partial charge in [0, 0.05) is 15.3 Å². The van der Waals surface area contributed by atoms with E-state index >= 15 is 0 Å². The van der Waals surface area contributed by atoms with Crippen LogP contribution in [0.1, 0.15) is 66.5 Å². The standard InChI is InChI=1S/C23H26O2S2/c1-4-16-14-21-20(23(5-2,6-3)11-12-26-21)13-17(16)7-8-18-9-10-19(27-18)15-22(24)25/h9-10,13-14H,4-6,11-12,15H2,1-3H3,(H,24,25). The molecule has 4 heteroatoms. The summed E-state index contributed by atoms with van der Waals surface area (Å²) in [4.78, 5) is 14.1. The van der Waals surface area contributed by atoms with Crippen LogP contribution in [-0.2, 0) is 23.1 Å². The summed E-state index contributed by atoms with van der Waals surface area (Å²) in [6.07, 6.45) is 4.60. The molecule has 2 aromatic rings. The molecule has 0 bridgehead atoms. The zero-order chi connectivity index (χ0) is 19.4. The fourth-order valence-corrected chi connectivity index (χ4v) is 6.08. The molecule has 3 rings (SSSR count). The number of carboxylic acid groups (broad SMARTS) is 1. The average Bonchev–Trinajstić information content (AvgIpc) is 3.11. The highest BCUT2D eigenvalue weighted by molar-refractivity contribution is 7.99. The first kappa shape index (κ1) is 20.0. The number of thioether (sulfide) groups is 1. The number of aryl methyl sites for hydroxylation is 1. The number of benzene rings is 1. The van der Waals surface area contributed by atoms with E-state index in [1.165, 1.54) is 52.4 Å². The highest BCUT2D eigenvalue weighted by Crippen LogP contribution is 2.46. The Morgan fingerprint density at radius 2 is 1.96 bits per heavy atom. The molecule has 27 heavy (non-hydrogen) atoms. The maximum atomic E-state index is 10.9. The smallest absolute Gasteiger partial charge is 0.308 e. The molecule has 0 spiro atoms. The summed E-state index contributed by atoms with van der Waals surface area (Å²) in [6.45, 7) is 6.79. The van der Waals surface area contributed by atoms with Crippen LogP contribution in [0.15, 0.2) is 29.2 Å². The van der Waals surface area contributed by atoms with Crippen molar-refractivity contribution >= 4 is 29.1 Å². The van der Waals surface area contributed by atoms with Crippen LogP contribution in [0.2, 0.25) is 0 Å². The molecule has 142 valence electrons. The van der Waals surface area contributed by atoms with Crippen LogP contribution in [-0.4, -0.2) is 16.8 Å². The first-order valence-electron chi connectivity index (χ1n) is 9.64. The maximum absolute atomic E-state index is 10.9. The van der Waals surface area contributed by atoms with E-state index in [9.17, 15) is 4.79 Å². The molecule has 1 aromatic heterocycles. The first-order valence-corrected chi connectivity index (χ1v) is 11.4. The molecule has 0 aliphatic carbocycles. The molecule has 0 amide bonds. The van der Waals surface area contributed by atoms with Crippen molar-refractivity contribution in [1.29, 1.82) is 0 Å². The predicted molar refractivity (Wildman–Crippen MR) is 115 cm³/mol. The summed E-state index contributed by atoms with van der Waals surface area (Å²) < 4.78 is 0. The zero-order valence-corrected chi connectivity index (χ0v) is 17.9. The van der Waals surface area contributed by atoms with Crippen molar-refractivity contribution in [2.75, 3.05) is 5.75 Å². The summed E-state index contributed by atoms with van der Waals surface area (Å²) in [5, 5.41) is 8.93. The second-order valence-electron chi connectivity index (χ2n) is 7.03. The molecule has 0 atom stereocenters. The van der Waals surface area contributed by atoms with E-state index in [4.69, 9.17) is 5.11 Å². The van der Waals surface area contributed by atoms with Crippen molar-refractivity contribution in [1.82, 2.24) is 0 Å².